The molecule has 1 aromatic rings. The summed E-state index contributed by atoms with van der Waals surface area (Å²) >= 11 is 1.42. The van der Waals surface area contributed by atoms with Crippen LogP contribution >= 0.6 is 11.3 Å². The highest BCUT2D eigenvalue weighted by atomic mass is 32.1. The van der Waals surface area contributed by atoms with E-state index in [2.05, 4.69) is 14.8 Å². The summed E-state index contributed by atoms with van der Waals surface area (Å²) in [6, 6.07) is 0. The molecule has 0 saturated carbocycles. The third-order valence-electron chi connectivity index (χ3n) is 3.69. The number of thiazole rings is 1. The Morgan fingerprint density at radius 1 is 1.24 bits per heavy atom. The zero-order valence-electron chi connectivity index (χ0n) is 13.1. The van der Waals surface area contributed by atoms with Crippen LogP contribution in [0.1, 0.15) is 28.9 Å². The summed E-state index contributed by atoms with van der Waals surface area (Å²) in [6.07, 6.45) is 3.65. The van der Waals surface area contributed by atoms with Gasteiger partial charge in [-0.15, -0.1) is 0 Å². The van der Waals surface area contributed by atoms with Crippen molar-refractivity contribution < 1.29 is 4.79 Å². The molecule has 0 aliphatic carbocycles. The van der Waals surface area contributed by atoms with Crippen molar-refractivity contribution in [1.82, 2.24) is 14.8 Å². The van der Waals surface area contributed by atoms with E-state index in [1.807, 2.05) is 21.1 Å². The van der Waals surface area contributed by atoms with Crippen LogP contribution in [0.2, 0.25) is 0 Å². The minimum Gasteiger partial charge on any atom is -0.382 e. The molecule has 0 bridgehead atoms. The topological polar surface area (TPSA) is 65.7 Å². The summed E-state index contributed by atoms with van der Waals surface area (Å²) in [7, 11) is 5.80. The van der Waals surface area contributed by atoms with Gasteiger partial charge in [-0.1, -0.05) is 11.3 Å². The molecule has 2 N–H and O–H groups in total. The molecule has 21 heavy (non-hydrogen) atoms. The van der Waals surface area contributed by atoms with Gasteiger partial charge in [0.05, 0.1) is 0 Å². The fourth-order valence-corrected chi connectivity index (χ4v) is 3.35. The molecular weight excluding hydrogens is 286 g/mol. The Morgan fingerprint density at radius 3 is 2.52 bits per heavy atom. The highest BCUT2D eigenvalue weighted by Crippen LogP contribution is 2.30. The van der Waals surface area contributed by atoms with Gasteiger partial charge in [0.2, 0.25) is 0 Å². The fourth-order valence-electron chi connectivity index (χ4n) is 2.32. The first kappa shape index (κ1) is 16.0. The fraction of sp³-hybridized carbons (Fsp3) is 0.714. The molecular formula is C14H25N5OS. The van der Waals surface area contributed by atoms with Crippen molar-refractivity contribution >= 4 is 28.2 Å². The lowest BCUT2D eigenvalue weighted by atomic mass is 10.1. The molecule has 6 nitrogen and oxygen atoms in total. The van der Waals surface area contributed by atoms with Crippen LogP contribution in [-0.2, 0) is 0 Å². The normalized spacial score (nSPS) is 15.5. The van der Waals surface area contributed by atoms with E-state index in [9.17, 15) is 4.79 Å². The van der Waals surface area contributed by atoms with Crippen LogP contribution in [0.4, 0.5) is 10.9 Å². The average molecular weight is 311 g/mol. The van der Waals surface area contributed by atoms with Gasteiger partial charge in [0.1, 0.15) is 10.7 Å². The molecule has 2 heterocycles. The second-order valence-corrected chi connectivity index (χ2v) is 6.77. The SMILES string of the molecule is CN(C)CCN(C)C(=O)c1sc(N2CCCCC2)nc1N. The van der Waals surface area contributed by atoms with Crippen molar-refractivity contribution in [3.8, 4) is 0 Å². The smallest absolute Gasteiger partial charge is 0.267 e. The predicted molar refractivity (Wildman–Crippen MR) is 88.1 cm³/mol. The van der Waals surface area contributed by atoms with Gasteiger partial charge < -0.3 is 20.4 Å². The standard InChI is InChI=1S/C14H25N5OS/c1-17(2)9-10-18(3)13(20)11-12(15)16-14(21-11)19-7-5-4-6-8-19/h4-10,15H2,1-3H3. The van der Waals surface area contributed by atoms with E-state index in [4.69, 9.17) is 5.73 Å². The zero-order valence-corrected chi connectivity index (χ0v) is 13.9. The van der Waals surface area contributed by atoms with Gasteiger partial charge >= 0.3 is 0 Å². The summed E-state index contributed by atoms with van der Waals surface area (Å²) in [5.74, 6) is 0.331. The number of nitrogens with zero attached hydrogens (tertiary/aromatic N) is 4. The van der Waals surface area contributed by atoms with Gasteiger partial charge in [-0.05, 0) is 33.4 Å². The second-order valence-electron chi connectivity index (χ2n) is 5.79. The number of likely N-dealkylation sites (N-methyl/N-ethyl adjacent to an activating group) is 2. The van der Waals surface area contributed by atoms with Gasteiger partial charge in [0.15, 0.2) is 5.13 Å². The molecule has 1 fully saturated rings. The second kappa shape index (κ2) is 7.09. The summed E-state index contributed by atoms with van der Waals surface area (Å²) in [5.41, 5.74) is 5.96. The number of aromatic nitrogens is 1. The number of carbonyl (C=O) groups excluding carboxylic acids is 1. The molecule has 0 radical (unpaired) electrons. The molecule has 1 aliphatic rings. The Balaban J connectivity index is 2.05. The summed E-state index contributed by atoms with van der Waals surface area (Å²) in [6.45, 7) is 3.54. The molecule has 1 aromatic heterocycles. The van der Waals surface area contributed by atoms with Crippen LogP contribution in [0.15, 0.2) is 0 Å². The Labute approximate surface area is 130 Å². The number of nitrogen functional groups attached to an aromatic ring is 1. The number of hydrogen-bond acceptors (Lipinski definition) is 6. The van der Waals surface area contributed by atoms with Crippen LogP contribution < -0.4 is 10.6 Å². The number of amides is 1. The van der Waals surface area contributed by atoms with Crippen molar-refractivity contribution in [2.45, 2.75) is 19.3 Å². The van der Waals surface area contributed by atoms with Crippen LogP contribution in [0.3, 0.4) is 0 Å². The van der Waals surface area contributed by atoms with E-state index in [1.165, 1.54) is 30.6 Å². The summed E-state index contributed by atoms with van der Waals surface area (Å²) in [4.78, 5) is 23.4. The predicted octanol–water partition coefficient (Wildman–Crippen LogP) is 1.35. The van der Waals surface area contributed by atoms with Gasteiger partial charge in [-0.25, -0.2) is 4.98 Å². The number of rotatable bonds is 5. The molecule has 0 spiro atoms. The van der Waals surface area contributed by atoms with E-state index in [0.717, 1.165) is 24.8 Å². The lowest BCUT2D eigenvalue weighted by Gasteiger charge is -2.25. The van der Waals surface area contributed by atoms with Crippen molar-refractivity contribution in [3.63, 3.8) is 0 Å². The number of hydrogen-bond donors (Lipinski definition) is 1. The van der Waals surface area contributed by atoms with Crippen LogP contribution in [0, 0.1) is 0 Å². The van der Waals surface area contributed by atoms with E-state index in [0.29, 0.717) is 17.2 Å². The van der Waals surface area contributed by atoms with Crippen LogP contribution in [0.5, 0.6) is 0 Å². The molecule has 1 aliphatic heterocycles. The number of carbonyl (C=O) groups is 1. The molecule has 0 atom stereocenters. The average Bonchev–Trinajstić information content (AvgIpc) is 2.86. The Bertz CT molecular complexity index is 482. The van der Waals surface area contributed by atoms with Crippen LogP contribution in [0.25, 0.3) is 0 Å². The van der Waals surface area contributed by atoms with Gasteiger partial charge in [0, 0.05) is 33.2 Å². The summed E-state index contributed by atoms with van der Waals surface area (Å²) in [5, 5.41) is 0.886. The maximum Gasteiger partial charge on any atom is 0.267 e. The minimum absolute atomic E-state index is 0.0323. The minimum atomic E-state index is -0.0323. The van der Waals surface area contributed by atoms with Gasteiger partial charge in [-0.2, -0.15) is 0 Å². The van der Waals surface area contributed by atoms with Gasteiger partial charge in [0.25, 0.3) is 5.91 Å². The molecule has 118 valence electrons. The zero-order chi connectivity index (χ0) is 15.4. The quantitative estimate of drug-likeness (QED) is 0.889. The van der Waals surface area contributed by atoms with E-state index in [-0.39, 0.29) is 5.91 Å². The largest absolute Gasteiger partial charge is 0.382 e. The molecule has 1 saturated heterocycles. The first-order valence-electron chi connectivity index (χ1n) is 7.40. The Morgan fingerprint density at radius 2 is 1.90 bits per heavy atom. The third-order valence-corrected chi connectivity index (χ3v) is 4.81. The number of anilines is 2. The first-order chi connectivity index (χ1) is 9.99. The Hall–Kier alpha value is -1.34. The summed E-state index contributed by atoms with van der Waals surface area (Å²) < 4.78 is 0. The van der Waals surface area contributed by atoms with E-state index in [1.54, 1.807) is 4.90 Å². The first-order valence-corrected chi connectivity index (χ1v) is 8.22. The lowest BCUT2D eigenvalue weighted by Crippen LogP contribution is -2.33. The van der Waals surface area contributed by atoms with Crippen LogP contribution in [-0.4, -0.2) is 68.0 Å². The molecule has 0 aromatic carbocycles. The van der Waals surface area contributed by atoms with E-state index < -0.39 is 0 Å². The monoisotopic (exact) mass is 311 g/mol. The third kappa shape index (κ3) is 4.07. The molecule has 7 heteroatoms. The van der Waals surface area contributed by atoms with E-state index >= 15 is 0 Å². The van der Waals surface area contributed by atoms with Gasteiger partial charge in [-0.3, -0.25) is 4.79 Å². The highest BCUT2D eigenvalue weighted by Gasteiger charge is 2.22. The highest BCUT2D eigenvalue weighted by molar-refractivity contribution is 7.18. The number of nitrogens with two attached hydrogens (primary N) is 1. The molecule has 0 unspecified atom stereocenters. The maximum absolute atomic E-state index is 12.5. The van der Waals surface area contributed by atoms with Crippen molar-refractivity contribution in [2.24, 2.45) is 0 Å². The molecule has 1 amide bonds. The lowest BCUT2D eigenvalue weighted by molar-refractivity contribution is 0.0792. The number of piperidine rings is 1. The van der Waals surface area contributed by atoms with Crippen molar-refractivity contribution in [2.75, 3.05) is 58.0 Å². The maximum atomic E-state index is 12.5. The molecule has 2 rings (SSSR count). The van der Waals surface area contributed by atoms with Crippen molar-refractivity contribution in [3.05, 3.63) is 4.88 Å². The van der Waals surface area contributed by atoms with Crippen molar-refractivity contribution in [1.29, 1.82) is 0 Å². The Kier molecular flexibility index (Phi) is 5.41.